The molecule has 1 aromatic rings. The van der Waals surface area contributed by atoms with Crippen molar-refractivity contribution < 1.29 is 14.7 Å². The maximum Gasteiger partial charge on any atom is 0.227 e. The number of aliphatic hydroxyl groups is 1. The number of halogens is 2. The minimum absolute atomic E-state index is 0.00457. The van der Waals surface area contributed by atoms with Gasteiger partial charge in [-0.15, -0.1) is 0 Å². The summed E-state index contributed by atoms with van der Waals surface area (Å²) < 4.78 is 0. The molecular weight excluding hydrogens is 401 g/mol. The van der Waals surface area contributed by atoms with Crippen LogP contribution < -0.4 is 5.32 Å². The van der Waals surface area contributed by atoms with E-state index in [1.165, 1.54) is 0 Å². The highest BCUT2D eigenvalue weighted by atomic mass is 35.5. The molecule has 2 saturated heterocycles. The standard InChI is InChI=1S/C20H27Cl2N3O3/c1-13(26)24-7-8-25(15(12-24)11-19(27)18-3-2-6-23-18)20(28)10-14-4-5-16(21)17(22)9-14/h4-5,9,15,18-19,23,27H,2-3,6-8,10-12H2,1H3/t15-,18-,19?/m0/s1. The van der Waals surface area contributed by atoms with Gasteiger partial charge in [0.2, 0.25) is 11.8 Å². The summed E-state index contributed by atoms with van der Waals surface area (Å²) in [5.41, 5.74) is 0.796. The largest absolute Gasteiger partial charge is 0.391 e. The average molecular weight is 428 g/mol. The second-order valence-corrected chi connectivity index (χ2v) is 8.45. The van der Waals surface area contributed by atoms with Gasteiger partial charge in [0.05, 0.1) is 28.6 Å². The fourth-order valence-corrected chi connectivity index (χ4v) is 4.40. The Morgan fingerprint density at radius 1 is 1.29 bits per heavy atom. The van der Waals surface area contributed by atoms with Crippen LogP contribution in [0.3, 0.4) is 0 Å². The minimum Gasteiger partial charge on any atom is -0.391 e. The molecule has 1 aromatic carbocycles. The number of rotatable bonds is 5. The van der Waals surface area contributed by atoms with Crippen LogP contribution in [0, 0.1) is 0 Å². The number of carbonyl (C=O) groups is 2. The van der Waals surface area contributed by atoms with Crippen molar-refractivity contribution >= 4 is 35.0 Å². The lowest BCUT2D eigenvalue weighted by Crippen LogP contribution is -2.58. The summed E-state index contributed by atoms with van der Waals surface area (Å²) in [4.78, 5) is 28.4. The fourth-order valence-electron chi connectivity index (χ4n) is 4.08. The van der Waals surface area contributed by atoms with Crippen LogP contribution in [-0.4, -0.2) is 71.1 Å². The maximum atomic E-state index is 13.0. The number of hydrogen-bond acceptors (Lipinski definition) is 4. The highest BCUT2D eigenvalue weighted by molar-refractivity contribution is 6.42. The van der Waals surface area contributed by atoms with Gasteiger partial charge in [-0.2, -0.15) is 0 Å². The van der Waals surface area contributed by atoms with Gasteiger partial charge < -0.3 is 20.2 Å². The van der Waals surface area contributed by atoms with E-state index in [0.29, 0.717) is 36.1 Å². The third-order valence-electron chi connectivity index (χ3n) is 5.66. The third kappa shape index (κ3) is 5.17. The molecule has 8 heteroatoms. The topological polar surface area (TPSA) is 72.9 Å². The molecule has 2 amide bonds. The Morgan fingerprint density at radius 3 is 2.71 bits per heavy atom. The number of piperazine rings is 1. The van der Waals surface area contributed by atoms with Crippen molar-refractivity contribution in [3.63, 3.8) is 0 Å². The summed E-state index contributed by atoms with van der Waals surface area (Å²) in [5.74, 6) is -0.0340. The monoisotopic (exact) mass is 427 g/mol. The van der Waals surface area contributed by atoms with E-state index in [1.54, 1.807) is 34.9 Å². The number of benzene rings is 1. The molecule has 0 spiro atoms. The van der Waals surface area contributed by atoms with Crippen LogP contribution in [-0.2, 0) is 16.0 Å². The summed E-state index contributed by atoms with van der Waals surface area (Å²) in [6.07, 6.45) is 2.10. The first-order chi connectivity index (χ1) is 13.3. The Bertz CT molecular complexity index is 725. The first-order valence-electron chi connectivity index (χ1n) is 9.75. The molecule has 2 aliphatic heterocycles. The molecule has 0 bridgehead atoms. The number of nitrogens with one attached hydrogen (secondary N) is 1. The van der Waals surface area contributed by atoms with Gasteiger partial charge in [0.15, 0.2) is 0 Å². The molecule has 2 heterocycles. The molecule has 3 rings (SSSR count). The van der Waals surface area contributed by atoms with E-state index in [9.17, 15) is 14.7 Å². The van der Waals surface area contributed by atoms with Crippen LogP contribution in [0.15, 0.2) is 18.2 Å². The van der Waals surface area contributed by atoms with Crippen molar-refractivity contribution in [2.75, 3.05) is 26.2 Å². The van der Waals surface area contributed by atoms with Gasteiger partial charge in [0, 0.05) is 32.6 Å². The van der Waals surface area contributed by atoms with Gasteiger partial charge in [-0.3, -0.25) is 9.59 Å². The highest BCUT2D eigenvalue weighted by Gasteiger charge is 2.35. The van der Waals surface area contributed by atoms with Gasteiger partial charge in [-0.1, -0.05) is 29.3 Å². The normalized spacial score (nSPS) is 23.7. The molecule has 6 nitrogen and oxygen atoms in total. The molecule has 2 N–H and O–H groups in total. The zero-order valence-electron chi connectivity index (χ0n) is 16.0. The Hall–Kier alpha value is -1.34. The van der Waals surface area contributed by atoms with Crippen molar-refractivity contribution in [2.24, 2.45) is 0 Å². The van der Waals surface area contributed by atoms with Crippen molar-refractivity contribution in [3.8, 4) is 0 Å². The van der Waals surface area contributed by atoms with E-state index < -0.39 is 6.10 Å². The van der Waals surface area contributed by atoms with E-state index in [2.05, 4.69) is 5.32 Å². The molecule has 0 radical (unpaired) electrons. The second-order valence-electron chi connectivity index (χ2n) is 7.64. The van der Waals surface area contributed by atoms with E-state index in [0.717, 1.165) is 24.9 Å². The average Bonchev–Trinajstić information content (AvgIpc) is 3.19. The van der Waals surface area contributed by atoms with Gasteiger partial charge in [-0.05, 0) is 43.5 Å². The smallest absolute Gasteiger partial charge is 0.227 e. The van der Waals surface area contributed by atoms with Crippen molar-refractivity contribution in [2.45, 2.75) is 50.8 Å². The Balaban J connectivity index is 1.70. The third-order valence-corrected chi connectivity index (χ3v) is 6.40. The molecule has 0 aliphatic carbocycles. The Kier molecular flexibility index (Phi) is 7.20. The number of amides is 2. The first kappa shape index (κ1) is 21.4. The SMILES string of the molecule is CC(=O)N1CCN(C(=O)Cc2ccc(Cl)c(Cl)c2)[C@@H](CC(O)[C@@H]2CCCN2)C1. The second kappa shape index (κ2) is 9.44. The Labute approximate surface area is 175 Å². The summed E-state index contributed by atoms with van der Waals surface area (Å²) in [6.45, 7) is 3.88. The quantitative estimate of drug-likeness (QED) is 0.754. The molecule has 0 aromatic heterocycles. The lowest BCUT2D eigenvalue weighted by atomic mass is 9.97. The van der Waals surface area contributed by atoms with E-state index in [-0.39, 0.29) is 30.3 Å². The predicted molar refractivity (Wildman–Crippen MR) is 110 cm³/mol. The van der Waals surface area contributed by atoms with E-state index in [1.807, 2.05) is 0 Å². The molecule has 1 unspecified atom stereocenters. The van der Waals surface area contributed by atoms with Crippen LogP contribution in [0.2, 0.25) is 10.0 Å². The van der Waals surface area contributed by atoms with Crippen LogP contribution in [0.1, 0.15) is 31.7 Å². The fraction of sp³-hybridized carbons (Fsp3) is 0.600. The molecule has 28 heavy (non-hydrogen) atoms. The van der Waals surface area contributed by atoms with E-state index >= 15 is 0 Å². The lowest BCUT2D eigenvalue weighted by molar-refractivity contribution is -0.142. The maximum absolute atomic E-state index is 13.0. The van der Waals surface area contributed by atoms with Crippen molar-refractivity contribution in [3.05, 3.63) is 33.8 Å². The number of nitrogens with zero attached hydrogens (tertiary/aromatic N) is 2. The zero-order chi connectivity index (χ0) is 20.3. The summed E-state index contributed by atoms with van der Waals surface area (Å²) in [7, 11) is 0. The van der Waals surface area contributed by atoms with Crippen molar-refractivity contribution in [1.29, 1.82) is 0 Å². The van der Waals surface area contributed by atoms with Gasteiger partial charge in [0.1, 0.15) is 0 Å². The lowest BCUT2D eigenvalue weighted by Gasteiger charge is -2.42. The van der Waals surface area contributed by atoms with Crippen LogP contribution in [0.4, 0.5) is 0 Å². The molecule has 3 atom stereocenters. The predicted octanol–water partition coefficient (Wildman–Crippen LogP) is 2.10. The summed E-state index contributed by atoms with van der Waals surface area (Å²) >= 11 is 12.0. The van der Waals surface area contributed by atoms with Crippen LogP contribution in [0.25, 0.3) is 0 Å². The van der Waals surface area contributed by atoms with Crippen LogP contribution >= 0.6 is 23.2 Å². The first-order valence-corrected chi connectivity index (χ1v) is 10.5. The number of hydrogen-bond donors (Lipinski definition) is 2. The molecular formula is C20H27Cl2N3O3. The van der Waals surface area contributed by atoms with Gasteiger partial charge >= 0.3 is 0 Å². The summed E-state index contributed by atoms with van der Waals surface area (Å²) in [6, 6.07) is 5.04. The van der Waals surface area contributed by atoms with Crippen molar-refractivity contribution in [1.82, 2.24) is 15.1 Å². The summed E-state index contributed by atoms with van der Waals surface area (Å²) in [5, 5.41) is 14.8. The Morgan fingerprint density at radius 2 is 2.07 bits per heavy atom. The zero-order valence-corrected chi connectivity index (χ0v) is 17.5. The molecule has 154 valence electrons. The van der Waals surface area contributed by atoms with Gasteiger partial charge in [0.25, 0.3) is 0 Å². The molecule has 2 aliphatic rings. The molecule has 2 fully saturated rings. The minimum atomic E-state index is -0.542. The highest BCUT2D eigenvalue weighted by Crippen LogP contribution is 2.24. The van der Waals surface area contributed by atoms with E-state index in [4.69, 9.17) is 23.2 Å². The molecule has 0 saturated carbocycles. The number of aliphatic hydroxyl groups excluding tert-OH is 1. The van der Waals surface area contributed by atoms with Crippen LogP contribution in [0.5, 0.6) is 0 Å². The van der Waals surface area contributed by atoms with Gasteiger partial charge in [-0.25, -0.2) is 0 Å². The number of carbonyl (C=O) groups excluding carboxylic acids is 2.